The minimum absolute atomic E-state index is 0.470. The Morgan fingerprint density at radius 2 is 1.33 bits per heavy atom. The van der Waals surface area contributed by atoms with Gasteiger partial charge in [-0.3, -0.25) is 9.80 Å². The molecule has 0 bridgehead atoms. The van der Waals surface area contributed by atoms with Gasteiger partial charge < -0.3 is 5.73 Å². The first-order valence-electron chi connectivity index (χ1n) is 8.06. The molecular weight excluding hydrogens is 222 g/mol. The molecule has 2 heterocycles. The van der Waals surface area contributed by atoms with E-state index >= 15 is 0 Å². The molecule has 0 radical (unpaired) electrons. The van der Waals surface area contributed by atoms with Crippen molar-refractivity contribution in [1.29, 1.82) is 0 Å². The fourth-order valence-corrected chi connectivity index (χ4v) is 4.13. The smallest absolute Gasteiger partial charge is 0.0235 e. The van der Waals surface area contributed by atoms with Crippen molar-refractivity contribution in [3.05, 3.63) is 0 Å². The van der Waals surface area contributed by atoms with Gasteiger partial charge in [-0.1, -0.05) is 19.3 Å². The maximum absolute atomic E-state index is 6.00. The molecule has 0 amide bonds. The maximum atomic E-state index is 6.00. The summed E-state index contributed by atoms with van der Waals surface area (Å²) >= 11 is 0. The molecule has 2 saturated heterocycles. The highest BCUT2D eigenvalue weighted by Crippen LogP contribution is 2.28. The number of likely N-dealkylation sites (tertiary alicyclic amines) is 2. The molecule has 3 aliphatic rings. The standard InChI is InChI=1S/C15H29N3/c16-13-6-9-17(10-7-13)15-8-11-18(12-15)14-4-2-1-3-5-14/h13-15H,1-12,16H2. The van der Waals surface area contributed by atoms with Crippen LogP contribution in [-0.2, 0) is 0 Å². The molecule has 18 heavy (non-hydrogen) atoms. The van der Waals surface area contributed by atoms with Crippen molar-refractivity contribution >= 4 is 0 Å². The van der Waals surface area contributed by atoms with Gasteiger partial charge in [0.1, 0.15) is 0 Å². The summed E-state index contributed by atoms with van der Waals surface area (Å²) in [6.45, 7) is 5.16. The van der Waals surface area contributed by atoms with E-state index in [9.17, 15) is 0 Å². The summed E-state index contributed by atoms with van der Waals surface area (Å²) in [5.41, 5.74) is 6.00. The third-order valence-corrected chi connectivity index (χ3v) is 5.38. The monoisotopic (exact) mass is 251 g/mol. The summed E-state index contributed by atoms with van der Waals surface area (Å²) in [7, 11) is 0. The van der Waals surface area contributed by atoms with Crippen LogP contribution < -0.4 is 5.73 Å². The van der Waals surface area contributed by atoms with Crippen LogP contribution in [0.15, 0.2) is 0 Å². The molecule has 3 fully saturated rings. The molecule has 3 heteroatoms. The van der Waals surface area contributed by atoms with Crippen LogP contribution in [0.1, 0.15) is 51.4 Å². The third-order valence-electron chi connectivity index (χ3n) is 5.38. The zero-order chi connectivity index (χ0) is 12.4. The lowest BCUT2D eigenvalue weighted by Gasteiger charge is -2.36. The summed E-state index contributed by atoms with van der Waals surface area (Å²) in [6.07, 6.45) is 11.1. The molecule has 0 aromatic rings. The Morgan fingerprint density at radius 3 is 2.06 bits per heavy atom. The van der Waals surface area contributed by atoms with Gasteiger partial charge in [-0.25, -0.2) is 0 Å². The molecule has 3 nitrogen and oxygen atoms in total. The normalized spacial score (nSPS) is 34.2. The van der Waals surface area contributed by atoms with E-state index in [4.69, 9.17) is 5.73 Å². The first-order chi connectivity index (χ1) is 8.83. The molecule has 1 saturated carbocycles. The van der Waals surface area contributed by atoms with E-state index in [1.807, 2.05) is 0 Å². The largest absolute Gasteiger partial charge is 0.328 e. The van der Waals surface area contributed by atoms with Crippen molar-refractivity contribution in [2.45, 2.75) is 69.5 Å². The van der Waals surface area contributed by atoms with Crippen molar-refractivity contribution in [3.8, 4) is 0 Å². The number of rotatable bonds is 2. The second-order valence-electron chi connectivity index (χ2n) is 6.60. The Labute approximate surface area is 112 Å². The van der Waals surface area contributed by atoms with Gasteiger partial charge in [0.05, 0.1) is 0 Å². The van der Waals surface area contributed by atoms with Crippen molar-refractivity contribution in [2.24, 2.45) is 5.73 Å². The van der Waals surface area contributed by atoms with Crippen molar-refractivity contribution in [1.82, 2.24) is 9.80 Å². The average molecular weight is 251 g/mol. The Bertz CT molecular complexity index is 254. The molecule has 1 unspecified atom stereocenters. The van der Waals surface area contributed by atoms with Crippen LogP contribution in [0.5, 0.6) is 0 Å². The van der Waals surface area contributed by atoms with E-state index in [-0.39, 0.29) is 0 Å². The number of nitrogens with two attached hydrogens (primary N) is 1. The molecule has 1 aliphatic carbocycles. The zero-order valence-electron chi connectivity index (χ0n) is 11.7. The van der Waals surface area contributed by atoms with Crippen LogP contribution in [0.3, 0.4) is 0 Å². The molecule has 104 valence electrons. The Kier molecular flexibility index (Phi) is 4.22. The fourth-order valence-electron chi connectivity index (χ4n) is 4.13. The quantitative estimate of drug-likeness (QED) is 0.812. The highest BCUT2D eigenvalue weighted by atomic mass is 15.3. The van der Waals surface area contributed by atoms with Gasteiger partial charge in [-0.15, -0.1) is 0 Å². The second-order valence-corrected chi connectivity index (χ2v) is 6.60. The first-order valence-corrected chi connectivity index (χ1v) is 8.06. The fraction of sp³-hybridized carbons (Fsp3) is 1.00. The highest BCUT2D eigenvalue weighted by molar-refractivity contribution is 4.90. The summed E-state index contributed by atoms with van der Waals surface area (Å²) in [5.74, 6) is 0. The summed E-state index contributed by atoms with van der Waals surface area (Å²) in [6, 6.07) is 2.22. The van der Waals surface area contributed by atoms with Crippen LogP contribution in [0.4, 0.5) is 0 Å². The summed E-state index contributed by atoms with van der Waals surface area (Å²) < 4.78 is 0. The Morgan fingerprint density at radius 1 is 0.667 bits per heavy atom. The van der Waals surface area contributed by atoms with Gasteiger partial charge in [0, 0.05) is 31.2 Å². The lowest BCUT2D eigenvalue weighted by molar-refractivity contribution is 0.134. The molecule has 2 aliphatic heterocycles. The predicted molar refractivity (Wildman–Crippen MR) is 75.6 cm³/mol. The third kappa shape index (κ3) is 2.89. The minimum atomic E-state index is 0.470. The molecule has 0 spiro atoms. The zero-order valence-corrected chi connectivity index (χ0v) is 11.7. The van der Waals surface area contributed by atoms with Crippen LogP contribution in [-0.4, -0.2) is 54.1 Å². The van der Waals surface area contributed by atoms with E-state index in [0.29, 0.717) is 6.04 Å². The molecular formula is C15H29N3. The molecule has 2 N–H and O–H groups in total. The van der Waals surface area contributed by atoms with E-state index in [1.54, 1.807) is 0 Å². The van der Waals surface area contributed by atoms with Gasteiger partial charge in [-0.05, 0) is 45.2 Å². The van der Waals surface area contributed by atoms with Crippen molar-refractivity contribution in [3.63, 3.8) is 0 Å². The van der Waals surface area contributed by atoms with Crippen molar-refractivity contribution < 1.29 is 0 Å². The molecule has 0 aromatic carbocycles. The van der Waals surface area contributed by atoms with Gasteiger partial charge in [0.25, 0.3) is 0 Å². The number of piperidine rings is 1. The van der Waals surface area contributed by atoms with E-state index in [2.05, 4.69) is 9.80 Å². The Hall–Kier alpha value is -0.120. The predicted octanol–water partition coefficient (Wildman–Crippen LogP) is 1.82. The van der Waals surface area contributed by atoms with E-state index in [0.717, 1.165) is 12.1 Å². The lowest BCUT2D eigenvalue weighted by atomic mass is 9.94. The van der Waals surface area contributed by atoms with Crippen LogP contribution in [0, 0.1) is 0 Å². The highest BCUT2D eigenvalue weighted by Gasteiger charge is 2.33. The maximum Gasteiger partial charge on any atom is 0.0235 e. The van der Waals surface area contributed by atoms with Crippen molar-refractivity contribution in [2.75, 3.05) is 26.2 Å². The average Bonchev–Trinajstić information content (AvgIpc) is 2.90. The minimum Gasteiger partial charge on any atom is -0.328 e. The summed E-state index contributed by atoms with van der Waals surface area (Å²) in [5, 5.41) is 0. The number of hydrogen-bond acceptors (Lipinski definition) is 3. The van der Waals surface area contributed by atoms with Crippen LogP contribution in [0.25, 0.3) is 0 Å². The van der Waals surface area contributed by atoms with Gasteiger partial charge in [0.2, 0.25) is 0 Å². The van der Waals surface area contributed by atoms with Crippen LogP contribution >= 0.6 is 0 Å². The number of hydrogen-bond donors (Lipinski definition) is 1. The molecule has 3 rings (SSSR count). The van der Waals surface area contributed by atoms with Gasteiger partial charge in [-0.2, -0.15) is 0 Å². The van der Waals surface area contributed by atoms with E-state index in [1.165, 1.54) is 77.5 Å². The van der Waals surface area contributed by atoms with Gasteiger partial charge in [0.15, 0.2) is 0 Å². The topological polar surface area (TPSA) is 32.5 Å². The van der Waals surface area contributed by atoms with Crippen LogP contribution in [0.2, 0.25) is 0 Å². The van der Waals surface area contributed by atoms with E-state index < -0.39 is 0 Å². The SMILES string of the molecule is NC1CCN(C2CCN(C3CCCCC3)C2)CC1. The second kappa shape index (κ2) is 5.89. The lowest BCUT2D eigenvalue weighted by Crippen LogP contribution is -2.46. The Balaban J connectivity index is 1.48. The van der Waals surface area contributed by atoms with Gasteiger partial charge >= 0.3 is 0 Å². The number of nitrogens with zero attached hydrogens (tertiary/aromatic N) is 2. The molecule has 0 aromatic heterocycles. The first kappa shape index (κ1) is 12.9. The molecule has 1 atom stereocenters. The summed E-state index contributed by atoms with van der Waals surface area (Å²) in [4.78, 5) is 5.50.